The van der Waals surface area contributed by atoms with Gasteiger partial charge in [-0.1, -0.05) is 13.0 Å². The van der Waals surface area contributed by atoms with E-state index in [-0.39, 0.29) is 6.04 Å². The maximum atomic E-state index is 12.6. The van der Waals surface area contributed by atoms with Gasteiger partial charge in [-0.3, -0.25) is 0 Å². The summed E-state index contributed by atoms with van der Waals surface area (Å²) < 4.78 is 43.0. The number of hydrogen-bond acceptors (Lipinski definition) is 2. The van der Waals surface area contributed by atoms with Crippen molar-refractivity contribution in [1.82, 2.24) is 5.32 Å². The lowest BCUT2D eigenvalue weighted by atomic mass is 9.99. The Morgan fingerprint density at radius 1 is 1.32 bits per heavy atom. The van der Waals surface area contributed by atoms with E-state index in [1.54, 1.807) is 14.0 Å². The average Bonchev–Trinajstić information content (AvgIpc) is 2.33. The van der Waals surface area contributed by atoms with Crippen LogP contribution in [0.15, 0.2) is 18.2 Å². The lowest BCUT2D eigenvalue weighted by Crippen LogP contribution is -2.26. The van der Waals surface area contributed by atoms with Gasteiger partial charge in [-0.15, -0.1) is 0 Å². The van der Waals surface area contributed by atoms with Crippen molar-refractivity contribution < 1.29 is 17.9 Å². The predicted molar refractivity (Wildman–Crippen MR) is 69.1 cm³/mol. The van der Waals surface area contributed by atoms with Crippen LogP contribution in [-0.4, -0.2) is 20.3 Å². The number of ether oxygens (including phenoxy) is 1. The van der Waals surface area contributed by atoms with Crippen LogP contribution in [0.25, 0.3) is 0 Å². The molecule has 0 heterocycles. The number of aryl methyl sites for hydroxylation is 1. The molecule has 1 N–H and O–H groups in total. The summed E-state index contributed by atoms with van der Waals surface area (Å²) in [7, 11) is 1.58. The molecule has 1 unspecified atom stereocenters. The molecule has 0 aromatic heterocycles. The molecule has 0 radical (unpaired) electrons. The Hall–Kier alpha value is -1.07. The highest BCUT2D eigenvalue weighted by molar-refractivity contribution is 5.34. The number of rotatable bonds is 6. The molecule has 0 saturated heterocycles. The molecular formula is C14H20F3NO. The van der Waals surface area contributed by atoms with Gasteiger partial charge in [0.05, 0.1) is 18.2 Å². The molecule has 0 amide bonds. The average molecular weight is 275 g/mol. The molecule has 0 spiro atoms. The van der Waals surface area contributed by atoms with Crippen LogP contribution in [0.4, 0.5) is 13.2 Å². The highest BCUT2D eigenvalue weighted by atomic mass is 19.4. The topological polar surface area (TPSA) is 21.3 Å². The fraction of sp³-hybridized carbons (Fsp3) is 0.571. The minimum Gasteiger partial charge on any atom is -0.383 e. The van der Waals surface area contributed by atoms with Crippen LogP contribution in [0, 0.1) is 6.92 Å². The summed E-state index contributed by atoms with van der Waals surface area (Å²) in [5, 5.41) is 3.28. The molecule has 1 aromatic carbocycles. The molecule has 0 fully saturated rings. The van der Waals surface area contributed by atoms with E-state index in [9.17, 15) is 13.2 Å². The van der Waals surface area contributed by atoms with Gasteiger partial charge in [-0.2, -0.15) is 13.2 Å². The van der Waals surface area contributed by atoms with E-state index >= 15 is 0 Å². The third-order valence-electron chi connectivity index (χ3n) is 2.95. The van der Waals surface area contributed by atoms with E-state index in [2.05, 4.69) is 5.32 Å². The summed E-state index contributed by atoms with van der Waals surface area (Å²) in [6.07, 6.45) is -3.34. The lowest BCUT2D eigenvalue weighted by molar-refractivity contribution is -0.137. The molecule has 108 valence electrons. The van der Waals surface area contributed by atoms with Crippen molar-refractivity contribution in [3.63, 3.8) is 0 Å². The quantitative estimate of drug-likeness (QED) is 0.854. The van der Waals surface area contributed by atoms with Crippen molar-refractivity contribution in [1.29, 1.82) is 0 Å². The molecule has 0 aliphatic heterocycles. The van der Waals surface area contributed by atoms with E-state index in [0.29, 0.717) is 12.2 Å². The summed E-state index contributed by atoms with van der Waals surface area (Å²) in [5.74, 6) is 0. The van der Waals surface area contributed by atoms with Gasteiger partial charge in [-0.25, -0.2) is 0 Å². The van der Waals surface area contributed by atoms with Crippen LogP contribution in [-0.2, 0) is 10.9 Å². The molecule has 0 aliphatic carbocycles. The second kappa shape index (κ2) is 6.91. The first-order chi connectivity index (χ1) is 8.90. The maximum Gasteiger partial charge on any atom is 0.416 e. The van der Waals surface area contributed by atoms with Crippen LogP contribution in [0.2, 0.25) is 0 Å². The van der Waals surface area contributed by atoms with Crippen molar-refractivity contribution in [2.45, 2.75) is 32.5 Å². The van der Waals surface area contributed by atoms with Gasteiger partial charge in [0.2, 0.25) is 0 Å². The van der Waals surface area contributed by atoms with Crippen molar-refractivity contribution in [2.75, 3.05) is 20.3 Å². The minimum absolute atomic E-state index is 0.0766. The van der Waals surface area contributed by atoms with Gasteiger partial charge >= 0.3 is 6.18 Å². The Morgan fingerprint density at radius 3 is 2.47 bits per heavy atom. The zero-order chi connectivity index (χ0) is 14.5. The predicted octanol–water partition coefficient (Wildman–Crippen LogP) is 3.70. The van der Waals surface area contributed by atoms with Gasteiger partial charge in [0.1, 0.15) is 0 Å². The van der Waals surface area contributed by atoms with Crippen molar-refractivity contribution in [3.8, 4) is 0 Å². The number of hydrogen-bond donors (Lipinski definition) is 1. The first-order valence-electron chi connectivity index (χ1n) is 6.30. The summed E-state index contributed by atoms with van der Waals surface area (Å²) >= 11 is 0. The van der Waals surface area contributed by atoms with Crippen LogP contribution < -0.4 is 5.32 Å². The van der Waals surface area contributed by atoms with Crippen LogP contribution in [0.1, 0.15) is 36.1 Å². The third kappa shape index (κ3) is 4.51. The summed E-state index contributed by atoms with van der Waals surface area (Å²) in [5.41, 5.74) is 0.865. The summed E-state index contributed by atoms with van der Waals surface area (Å²) in [6, 6.07) is 3.77. The van der Waals surface area contributed by atoms with E-state index in [1.165, 1.54) is 12.1 Å². The van der Waals surface area contributed by atoms with Crippen molar-refractivity contribution in [3.05, 3.63) is 34.9 Å². The summed E-state index contributed by atoms with van der Waals surface area (Å²) in [6.45, 7) is 4.97. The Balaban J connectivity index is 2.97. The van der Waals surface area contributed by atoms with Gasteiger partial charge in [0.15, 0.2) is 0 Å². The van der Waals surface area contributed by atoms with E-state index in [1.807, 2.05) is 6.92 Å². The lowest BCUT2D eigenvalue weighted by Gasteiger charge is -2.21. The molecule has 0 saturated carbocycles. The fourth-order valence-corrected chi connectivity index (χ4v) is 1.99. The van der Waals surface area contributed by atoms with Crippen molar-refractivity contribution in [2.24, 2.45) is 0 Å². The smallest absolute Gasteiger partial charge is 0.383 e. The first-order valence-corrected chi connectivity index (χ1v) is 6.30. The van der Waals surface area contributed by atoms with Gasteiger partial charge < -0.3 is 10.1 Å². The van der Waals surface area contributed by atoms with Gasteiger partial charge in [-0.05, 0) is 43.1 Å². The normalized spacial score (nSPS) is 13.6. The second-order valence-corrected chi connectivity index (χ2v) is 4.53. The van der Waals surface area contributed by atoms with Crippen molar-refractivity contribution >= 4 is 0 Å². The Bertz CT molecular complexity index is 404. The maximum absolute atomic E-state index is 12.6. The van der Waals surface area contributed by atoms with E-state index < -0.39 is 11.7 Å². The minimum atomic E-state index is -4.29. The number of nitrogens with one attached hydrogen (secondary N) is 1. The number of halogens is 3. The van der Waals surface area contributed by atoms with E-state index in [4.69, 9.17) is 4.74 Å². The summed E-state index contributed by atoms with van der Waals surface area (Å²) in [4.78, 5) is 0. The molecule has 0 aliphatic rings. The molecule has 2 nitrogen and oxygen atoms in total. The molecule has 0 bridgehead atoms. The first kappa shape index (κ1) is 16.0. The molecule has 5 heteroatoms. The molecule has 1 rings (SSSR count). The molecule has 1 aromatic rings. The highest BCUT2D eigenvalue weighted by Crippen LogP contribution is 2.31. The molecule has 19 heavy (non-hydrogen) atoms. The fourth-order valence-electron chi connectivity index (χ4n) is 1.99. The Morgan fingerprint density at radius 2 is 2.00 bits per heavy atom. The zero-order valence-corrected chi connectivity index (χ0v) is 11.5. The van der Waals surface area contributed by atoms with Crippen LogP contribution in [0.3, 0.4) is 0 Å². The number of alkyl halides is 3. The Labute approximate surface area is 112 Å². The molecule has 1 atom stereocenters. The van der Waals surface area contributed by atoms with Crippen LogP contribution >= 0.6 is 0 Å². The van der Waals surface area contributed by atoms with E-state index in [0.717, 1.165) is 24.6 Å². The largest absolute Gasteiger partial charge is 0.416 e. The number of benzene rings is 1. The standard InChI is InChI=1S/C14H20F3NO/c1-4-7-18-13(9-19-3)12-6-5-11(8-10(12)2)14(15,16)17/h5-6,8,13,18H,4,7,9H2,1-3H3. The monoisotopic (exact) mass is 275 g/mol. The highest BCUT2D eigenvalue weighted by Gasteiger charge is 2.31. The second-order valence-electron chi connectivity index (χ2n) is 4.53. The van der Waals surface area contributed by atoms with Gasteiger partial charge in [0, 0.05) is 7.11 Å². The SMILES string of the molecule is CCCNC(COC)c1ccc(C(F)(F)F)cc1C. The Kier molecular flexibility index (Phi) is 5.82. The zero-order valence-electron chi connectivity index (χ0n) is 11.5. The van der Waals surface area contributed by atoms with Crippen LogP contribution in [0.5, 0.6) is 0 Å². The van der Waals surface area contributed by atoms with Gasteiger partial charge in [0.25, 0.3) is 0 Å². The molecular weight excluding hydrogens is 255 g/mol. The third-order valence-corrected chi connectivity index (χ3v) is 2.95. The number of methoxy groups -OCH3 is 1.